The van der Waals surface area contributed by atoms with Gasteiger partial charge in [-0.15, -0.1) is 0 Å². The molecule has 2 amide bonds. The first-order chi connectivity index (χ1) is 10.9. The number of hydrogen-bond donors (Lipinski definition) is 3. The van der Waals surface area contributed by atoms with Gasteiger partial charge in [0.2, 0.25) is 0 Å². The highest BCUT2D eigenvalue weighted by atomic mass is 19.4. The lowest BCUT2D eigenvalue weighted by atomic mass is 10.3. The van der Waals surface area contributed by atoms with Gasteiger partial charge in [0.1, 0.15) is 5.69 Å². The summed E-state index contributed by atoms with van der Waals surface area (Å²) in [5.41, 5.74) is 0.406. The summed E-state index contributed by atoms with van der Waals surface area (Å²) in [7, 11) is 0. The molecule has 3 rings (SSSR count). The molecule has 0 spiro atoms. The first kappa shape index (κ1) is 14.8. The predicted molar refractivity (Wildman–Crippen MR) is 78.0 cm³/mol. The van der Waals surface area contributed by atoms with Crippen LogP contribution in [0.1, 0.15) is 5.69 Å². The Kier molecular flexibility index (Phi) is 3.61. The quantitative estimate of drug-likeness (QED) is 0.674. The fourth-order valence-corrected chi connectivity index (χ4v) is 2.00. The van der Waals surface area contributed by atoms with Crippen LogP contribution in [0.2, 0.25) is 0 Å². The Labute approximate surface area is 127 Å². The number of urea groups is 1. The lowest BCUT2D eigenvalue weighted by Gasteiger charge is -2.08. The lowest BCUT2D eigenvalue weighted by molar-refractivity contribution is -0.141. The lowest BCUT2D eigenvalue weighted by Crippen LogP contribution is -2.19. The highest BCUT2D eigenvalue weighted by molar-refractivity contribution is 6.05. The third kappa shape index (κ3) is 3.23. The number of nitrogens with zero attached hydrogens (tertiary/aromatic N) is 2. The predicted octanol–water partition coefficient (Wildman–Crippen LogP) is 3.62. The van der Waals surface area contributed by atoms with Crippen molar-refractivity contribution >= 4 is 28.3 Å². The molecule has 9 heteroatoms. The van der Waals surface area contributed by atoms with Gasteiger partial charge in [-0.1, -0.05) is 0 Å². The zero-order valence-electron chi connectivity index (χ0n) is 11.5. The molecule has 3 heterocycles. The number of aromatic amines is 1. The van der Waals surface area contributed by atoms with Crippen molar-refractivity contribution in [3.8, 4) is 0 Å². The summed E-state index contributed by atoms with van der Waals surface area (Å²) < 4.78 is 37.2. The summed E-state index contributed by atoms with van der Waals surface area (Å²) in [6.45, 7) is 0. The van der Waals surface area contributed by atoms with Crippen LogP contribution in [0.5, 0.6) is 0 Å². The first-order valence-electron chi connectivity index (χ1n) is 6.46. The molecule has 0 fully saturated rings. The number of hydrogen-bond acceptors (Lipinski definition) is 3. The summed E-state index contributed by atoms with van der Waals surface area (Å²) in [4.78, 5) is 22.1. The summed E-state index contributed by atoms with van der Waals surface area (Å²) in [5, 5.41) is 5.78. The van der Waals surface area contributed by atoms with Crippen molar-refractivity contribution in [2.45, 2.75) is 6.18 Å². The fourth-order valence-electron chi connectivity index (χ4n) is 2.00. The smallest absolute Gasteiger partial charge is 0.358 e. The summed E-state index contributed by atoms with van der Waals surface area (Å²) >= 11 is 0. The van der Waals surface area contributed by atoms with E-state index in [0.717, 1.165) is 29.2 Å². The van der Waals surface area contributed by atoms with Crippen LogP contribution in [0.25, 0.3) is 10.9 Å². The van der Waals surface area contributed by atoms with E-state index in [2.05, 4.69) is 25.6 Å². The van der Waals surface area contributed by atoms with Crippen molar-refractivity contribution in [2.24, 2.45) is 0 Å². The Hall–Kier alpha value is -3.10. The molecule has 0 bridgehead atoms. The largest absolute Gasteiger partial charge is 0.433 e. The van der Waals surface area contributed by atoms with Crippen LogP contribution in [0, 0.1) is 0 Å². The molecule has 0 saturated carbocycles. The van der Waals surface area contributed by atoms with Gasteiger partial charge < -0.3 is 15.6 Å². The summed E-state index contributed by atoms with van der Waals surface area (Å²) in [6.07, 6.45) is 1.22. The number of carbonyl (C=O) groups excluding carboxylic acids is 1. The second-order valence-corrected chi connectivity index (χ2v) is 4.63. The van der Waals surface area contributed by atoms with Crippen molar-refractivity contribution in [3.05, 3.63) is 48.7 Å². The first-order valence-corrected chi connectivity index (χ1v) is 6.46. The molecule has 118 valence electrons. The van der Waals surface area contributed by atoms with E-state index in [9.17, 15) is 18.0 Å². The maximum absolute atomic E-state index is 12.4. The van der Waals surface area contributed by atoms with Crippen LogP contribution in [0.3, 0.4) is 0 Å². The maximum Gasteiger partial charge on any atom is 0.433 e. The van der Waals surface area contributed by atoms with Crippen LogP contribution in [0.4, 0.5) is 29.3 Å². The number of rotatable bonds is 2. The fraction of sp³-hybridized carbons (Fsp3) is 0.0714. The van der Waals surface area contributed by atoms with E-state index >= 15 is 0 Å². The molecule has 0 unspecified atom stereocenters. The van der Waals surface area contributed by atoms with E-state index in [4.69, 9.17) is 0 Å². The summed E-state index contributed by atoms with van der Waals surface area (Å²) in [6, 6.07) is 3.06. The molecule has 0 atom stereocenters. The molecule has 0 aliphatic heterocycles. The molecule has 0 aliphatic carbocycles. The molecule has 0 radical (unpaired) electrons. The van der Waals surface area contributed by atoms with Crippen molar-refractivity contribution in [2.75, 3.05) is 10.6 Å². The van der Waals surface area contributed by atoms with E-state index in [0.29, 0.717) is 5.69 Å². The Morgan fingerprint density at radius 2 is 1.96 bits per heavy atom. The third-order valence-corrected chi connectivity index (χ3v) is 3.04. The number of alkyl halides is 3. The number of anilines is 2. The Bertz CT molecular complexity index is 841. The zero-order valence-corrected chi connectivity index (χ0v) is 11.5. The topological polar surface area (TPSA) is 82.7 Å². The van der Waals surface area contributed by atoms with Gasteiger partial charge in [0.05, 0.1) is 29.3 Å². The van der Waals surface area contributed by atoms with Gasteiger partial charge in [-0.2, -0.15) is 13.2 Å². The molecule has 23 heavy (non-hydrogen) atoms. The minimum absolute atomic E-state index is 0.150. The highest BCUT2D eigenvalue weighted by Crippen LogP contribution is 2.28. The molecule has 6 nitrogen and oxygen atoms in total. The van der Waals surface area contributed by atoms with Crippen LogP contribution in [-0.4, -0.2) is 21.0 Å². The number of fused-ring (bicyclic) bond motifs is 1. The van der Waals surface area contributed by atoms with E-state index in [1.54, 1.807) is 24.7 Å². The average Bonchev–Trinajstić information content (AvgIpc) is 2.90. The number of aromatic nitrogens is 3. The van der Waals surface area contributed by atoms with Gasteiger partial charge >= 0.3 is 12.2 Å². The van der Waals surface area contributed by atoms with Crippen LogP contribution in [0.15, 0.2) is 43.0 Å². The van der Waals surface area contributed by atoms with Crippen molar-refractivity contribution < 1.29 is 18.0 Å². The van der Waals surface area contributed by atoms with Crippen molar-refractivity contribution in [1.82, 2.24) is 15.0 Å². The highest BCUT2D eigenvalue weighted by Gasteiger charge is 2.32. The number of pyridine rings is 2. The van der Waals surface area contributed by atoms with Gasteiger partial charge in [-0.05, 0) is 18.2 Å². The maximum atomic E-state index is 12.4. The van der Waals surface area contributed by atoms with E-state index < -0.39 is 17.9 Å². The van der Waals surface area contributed by atoms with Crippen LogP contribution < -0.4 is 10.6 Å². The minimum Gasteiger partial charge on any atom is -0.358 e. The van der Waals surface area contributed by atoms with E-state index in [-0.39, 0.29) is 5.69 Å². The number of amides is 2. The van der Waals surface area contributed by atoms with Crippen molar-refractivity contribution in [3.63, 3.8) is 0 Å². The van der Waals surface area contributed by atoms with Gasteiger partial charge in [0, 0.05) is 17.8 Å². The van der Waals surface area contributed by atoms with Gasteiger partial charge in [-0.3, -0.25) is 4.98 Å². The Morgan fingerprint density at radius 1 is 1.13 bits per heavy atom. The molecule has 0 aliphatic rings. The van der Waals surface area contributed by atoms with Gasteiger partial charge in [0.25, 0.3) is 0 Å². The second kappa shape index (κ2) is 5.59. The normalized spacial score (nSPS) is 11.4. The van der Waals surface area contributed by atoms with Crippen LogP contribution in [-0.2, 0) is 6.18 Å². The molecular formula is C14H10F3N5O. The standard InChI is InChI=1S/C14H10F3N5O/c15-14(16,17)12-2-1-8(5-20-12)21-13(23)22-11-7-19-10-6-18-4-3-9(10)11/h1-7,19H,(H2,21,22,23). The number of halogens is 3. The minimum atomic E-state index is -4.52. The number of nitrogens with one attached hydrogen (secondary N) is 3. The SMILES string of the molecule is O=C(Nc1ccc(C(F)(F)F)nc1)Nc1c[nH]c2cnccc12. The second-order valence-electron chi connectivity index (χ2n) is 4.63. The molecule has 3 aromatic rings. The van der Waals surface area contributed by atoms with Gasteiger partial charge in [-0.25, -0.2) is 9.78 Å². The molecule has 0 aromatic carbocycles. The van der Waals surface area contributed by atoms with E-state index in [1.807, 2.05) is 0 Å². The number of H-pyrrole nitrogens is 1. The summed E-state index contributed by atoms with van der Waals surface area (Å²) in [5.74, 6) is 0. The molecule has 3 aromatic heterocycles. The molecular weight excluding hydrogens is 311 g/mol. The third-order valence-electron chi connectivity index (χ3n) is 3.04. The Morgan fingerprint density at radius 3 is 2.65 bits per heavy atom. The Balaban J connectivity index is 1.70. The monoisotopic (exact) mass is 321 g/mol. The van der Waals surface area contributed by atoms with Crippen molar-refractivity contribution in [1.29, 1.82) is 0 Å². The average molecular weight is 321 g/mol. The zero-order chi connectivity index (χ0) is 16.4. The number of carbonyl (C=O) groups is 1. The van der Waals surface area contributed by atoms with Crippen LogP contribution >= 0.6 is 0 Å². The van der Waals surface area contributed by atoms with Gasteiger partial charge in [0.15, 0.2) is 0 Å². The molecule has 0 saturated heterocycles. The molecule has 3 N–H and O–H groups in total. The van der Waals surface area contributed by atoms with E-state index in [1.165, 1.54) is 0 Å².